The molecule has 0 aliphatic carbocycles. The molecule has 0 radical (unpaired) electrons. The third kappa shape index (κ3) is 2.98. The van der Waals surface area contributed by atoms with Crippen LogP contribution in [0.1, 0.15) is 23.7 Å². The Balaban J connectivity index is 1.95. The van der Waals surface area contributed by atoms with Crippen LogP contribution in [-0.4, -0.2) is 25.2 Å². The molecule has 1 aromatic rings. The van der Waals surface area contributed by atoms with Gasteiger partial charge in [0.2, 0.25) is 0 Å². The Bertz CT molecular complexity index is 430. The van der Waals surface area contributed by atoms with Crippen LogP contribution in [0.2, 0.25) is 0 Å². The Labute approximate surface area is 105 Å². The fourth-order valence-corrected chi connectivity index (χ4v) is 2.11. The number of rotatable bonds is 3. The van der Waals surface area contributed by atoms with Crippen LogP contribution < -0.4 is 11.1 Å². The van der Waals surface area contributed by atoms with Crippen molar-refractivity contribution in [3.63, 3.8) is 0 Å². The number of carbonyl (C=O) groups is 1. The van der Waals surface area contributed by atoms with Gasteiger partial charge in [-0.2, -0.15) is 0 Å². The van der Waals surface area contributed by atoms with E-state index in [1.807, 2.05) is 6.92 Å². The van der Waals surface area contributed by atoms with Crippen LogP contribution in [0.4, 0.5) is 10.1 Å². The summed E-state index contributed by atoms with van der Waals surface area (Å²) in [5.41, 5.74) is 5.99. The van der Waals surface area contributed by atoms with Crippen LogP contribution in [0.3, 0.4) is 0 Å². The van der Waals surface area contributed by atoms with E-state index in [9.17, 15) is 9.18 Å². The highest BCUT2D eigenvalue weighted by atomic mass is 19.1. The summed E-state index contributed by atoms with van der Waals surface area (Å²) in [5.74, 6) is -0.488. The molecule has 1 amide bonds. The monoisotopic (exact) mass is 252 g/mol. The number of nitrogens with two attached hydrogens (primary N) is 1. The molecule has 1 aliphatic rings. The smallest absolute Gasteiger partial charge is 0.251 e. The van der Waals surface area contributed by atoms with Gasteiger partial charge in [0.1, 0.15) is 5.82 Å². The number of nitrogen functional groups attached to an aromatic ring is 1. The van der Waals surface area contributed by atoms with Gasteiger partial charge in [0.25, 0.3) is 5.91 Å². The number of halogens is 1. The van der Waals surface area contributed by atoms with Crippen molar-refractivity contribution in [3.05, 3.63) is 29.6 Å². The second-order valence-electron chi connectivity index (χ2n) is 4.61. The molecular formula is C13H17FN2O2. The van der Waals surface area contributed by atoms with E-state index >= 15 is 0 Å². The van der Waals surface area contributed by atoms with Crippen molar-refractivity contribution in [1.29, 1.82) is 0 Å². The van der Waals surface area contributed by atoms with Gasteiger partial charge in [-0.3, -0.25) is 4.79 Å². The summed E-state index contributed by atoms with van der Waals surface area (Å²) >= 11 is 0. The van der Waals surface area contributed by atoms with Crippen LogP contribution in [0.25, 0.3) is 0 Å². The largest absolute Gasteiger partial charge is 0.399 e. The van der Waals surface area contributed by atoms with E-state index in [0.29, 0.717) is 12.5 Å². The first kappa shape index (κ1) is 12.8. The molecule has 1 heterocycles. The molecule has 0 spiro atoms. The molecule has 2 unspecified atom stereocenters. The molecule has 1 aliphatic heterocycles. The van der Waals surface area contributed by atoms with E-state index in [2.05, 4.69) is 5.32 Å². The highest BCUT2D eigenvalue weighted by Crippen LogP contribution is 2.19. The van der Waals surface area contributed by atoms with Gasteiger partial charge in [0.15, 0.2) is 0 Å². The van der Waals surface area contributed by atoms with Gasteiger partial charge in [-0.15, -0.1) is 0 Å². The van der Waals surface area contributed by atoms with Crippen LogP contribution in [0.15, 0.2) is 18.2 Å². The maximum atomic E-state index is 13.1. The molecule has 1 aromatic carbocycles. The number of carbonyl (C=O) groups excluding carboxylic acids is 1. The Morgan fingerprint density at radius 2 is 2.33 bits per heavy atom. The van der Waals surface area contributed by atoms with Crippen LogP contribution in [-0.2, 0) is 4.74 Å². The van der Waals surface area contributed by atoms with E-state index in [1.165, 1.54) is 18.2 Å². The van der Waals surface area contributed by atoms with Gasteiger partial charge in [0, 0.05) is 30.3 Å². The highest BCUT2D eigenvalue weighted by Gasteiger charge is 2.24. The summed E-state index contributed by atoms with van der Waals surface area (Å²) in [4.78, 5) is 11.8. The molecule has 1 fully saturated rings. The molecule has 98 valence electrons. The second kappa shape index (κ2) is 5.35. The molecule has 2 atom stereocenters. The number of amides is 1. The minimum Gasteiger partial charge on any atom is -0.399 e. The maximum Gasteiger partial charge on any atom is 0.251 e. The van der Waals surface area contributed by atoms with Gasteiger partial charge >= 0.3 is 0 Å². The maximum absolute atomic E-state index is 13.1. The number of nitrogens with one attached hydrogen (secondary N) is 1. The summed E-state index contributed by atoms with van der Waals surface area (Å²) < 4.78 is 18.5. The van der Waals surface area contributed by atoms with Gasteiger partial charge < -0.3 is 15.8 Å². The Kier molecular flexibility index (Phi) is 3.81. The lowest BCUT2D eigenvalue weighted by Gasteiger charge is -2.14. The number of hydrogen-bond donors (Lipinski definition) is 2. The molecule has 2 rings (SSSR count). The van der Waals surface area contributed by atoms with Gasteiger partial charge in [-0.1, -0.05) is 0 Å². The van der Waals surface area contributed by atoms with Crippen molar-refractivity contribution in [2.24, 2.45) is 5.92 Å². The summed E-state index contributed by atoms with van der Waals surface area (Å²) in [7, 11) is 0. The molecule has 5 heteroatoms. The molecule has 0 bridgehead atoms. The number of ether oxygens (including phenoxy) is 1. The average Bonchev–Trinajstić information content (AvgIpc) is 2.70. The second-order valence-corrected chi connectivity index (χ2v) is 4.61. The lowest BCUT2D eigenvalue weighted by Crippen LogP contribution is -2.32. The Morgan fingerprint density at radius 1 is 1.56 bits per heavy atom. The Morgan fingerprint density at radius 3 is 2.94 bits per heavy atom. The van der Waals surface area contributed by atoms with E-state index in [4.69, 9.17) is 10.5 Å². The van der Waals surface area contributed by atoms with Crippen molar-refractivity contribution in [2.75, 3.05) is 18.9 Å². The van der Waals surface area contributed by atoms with E-state index < -0.39 is 5.82 Å². The Hall–Kier alpha value is -1.62. The zero-order valence-corrected chi connectivity index (χ0v) is 10.3. The fraction of sp³-hybridized carbons (Fsp3) is 0.462. The first-order chi connectivity index (χ1) is 8.56. The molecule has 3 N–H and O–H groups in total. The number of hydrogen-bond acceptors (Lipinski definition) is 3. The third-order valence-corrected chi connectivity index (χ3v) is 3.24. The molecule has 1 saturated heterocycles. The zero-order chi connectivity index (χ0) is 13.1. The normalized spacial score (nSPS) is 23.0. The van der Waals surface area contributed by atoms with E-state index in [1.54, 1.807) is 0 Å². The van der Waals surface area contributed by atoms with Gasteiger partial charge in [-0.25, -0.2) is 4.39 Å². The van der Waals surface area contributed by atoms with Crippen LogP contribution in [0, 0.1) is 11.7 Å². The van der Waals surface area contributed by atoms with Gasteiger partial charge in [0.05, 0.1) is 6.10 Å². The van der Waals surface area contributed by atoms with Crippen LogP contribution >= 0.6 is 0 Å². The SMILES string of the molecule is CC1OCCC1CNC(=O)c1cc(N)cc(F)c1. The zero-order valence-electron chi connectivity index (χ0n) is 10.3. The highest BCUT2D eigenvalue weighted by molar-refractivity contribution is 5.95. The molecule has 4 nitrogen and oxygen atoms in total. The first-order valence-electron chi connectivity index (χ1n) is 6.02. The lowest BCUT2D eigenvalue weighted by atomic mass is 10.0. The van der Waals surface area contributed by atoms with E-state index in [-0.39, 0.29) is 23.3 Å². The summed E-state index contributed by atoms with van der Waals surface area (Å²) in [6.07, 6.45) is 1.09. The summed E-state index contributed by atoms with van der Waals surface area (Å²) in [5, 5.41) is 2.78. The first-order valence-corrected chi connectivity index (χ1v) is 6.02. The van der Waals surface area contributed by atoms with Crippen LogP contribution in [0.5, 0.6) is 0 Å². The van der Waals surface area contributed by atoms with E-state index in [0.717, 1.165) is 13.0 Å². The standard InChI is InChI=1S/C13H17FN2O2/c1-8-9(2-3-18-8)7-16-13(17)10-4-11(14)6-12(15)5-10/h4-6,8-9H,2-3,7,15H2,1H3,(H,16,17). The number of benzene rings is 1. The average molecular weight is 252 g/mol. The number of anilines is 1. The van der Waals surface area contributed by atoms with Gasteiger partial charge in [-0.05, 0) is 31.5 Å². The summed E-state index contributed by atoms with van der Waals surface area (Å²) in [6.45, 7) is 3.26. The molecule has 0 aromatic heterocycles. The van der Waals surface area contributed by atoms with Crippen molar-refractivity contribution in [2.45, 2.75) is 19.4 Å². The van der Waals surface area contributed by atoms with Crippen molar-refractivity contribution in [3.8, 4) is 0 Å². The van der Waals surface area contributed by atoms with Crippen molar-refractivity contribution in [1.82, 2.24) is 5.32 Å². The molecule has 0 saturated carbocycles. The fourth-order valence-electron chi connectivity index (χ4n) is 2.11. The van der Waals surface area contributed by atoms with Crippen molar-refractivity contribution < 1.29 is 13.9 Å². The minimum atomic E-state index is -0.502. The summed E-state index contributed by atoms with van der Waals surface area (Å²) in [6, 6.07) is 3.83. The molecular weight excluding hydrogens is 235 g/mol. The predicted octanol–water partition coefficient (Wildman–Crippen LogP) is 1.56. The molecule has 18 heavy (non-hydrogen) atoms. The van der Waals surface area contributed by atoms with Crippen molar-refractivity contribution >= 4 is 11.6 Å². The third-order valence-electron chi connectivity index (χ3n) is 3.24. The predicted molar refractivity (Wildman–Crippen MR) is 66.7 cm³/mol. The minimum absolute atomic E-state index is 0.155. The quantitative estimate of drug-likeness (QED) is 0.802. The lowest BCUT2D eigenvalue weighted by molar-refractivity contribution is 0.0907. The topological polar surface area (TPSA) is 64.3 Å².